The number of rotatable bonds is 0. The van der Waals surface area contributed by atoms with Gasteiger partial charge in [-0.05, 0) is 30.7 Å². The summed E-state index contributed by atoms with van der Waals surface area (Å²) in [6.07, 6.45) is 5.81. The Morgan fingerprint density at radius 3 is 3.40 bits per heavy atom. The lowest BCUT2D eigenvalue weighted by molar-refractivity contribution is 0.585. The van der Waals surface area contributed by atoms with Crippen LogP contribution in [0.4, 0.5) is 0 Å². The molecule has 2 nitrogen and oxygen atoms in total. The molecule has 2 heteroatoms. The van der Waals surface area contributed by atoms with Gasteiger partial charge in [0.1, 0.15) is 0 Å². The summed E-state index contributed by atoms with van der Waals surface area (Å²) < 4.78 is 0. The SMILES string of the molecule is CC1CCCc2[nH]ncc21. The molecule has 2 rings (SSSR count). The average molecular weight is 136 g/mol. The highest BCUT2D eigenvalue weighted by atomic mass is 15.1. The second-order valence-corrected chi connectivity index (χ2v) is 3.10. The molecule has 1 unspecified atom stereocenters. The predicted molar refractivity (Wildman–Crippen MR) is 39.9 cm³/mol. The van der Waals surface area contributed by atoms with Gasteiger partial charge in [0, 0.05) is 5.69 Å². The molecule has 0 saturated heterocycles. The first kappa shape index (κ1) is 5.96. The number of aromatic nitrogens is 2. The van der Waals surface area contributed by atoms with Crippen molar-refractivity contribution in [2.24, 2.45) is 0 Å². The molecule has 1 aliphatic carbocycles. The van der Waals surface area contributed by atoms with Crippen molar-refractivity contribution in [1.29, 1.82) is 0 Å². The van der Waals surface area contributed by atoms with Crippen LogP contribution in [0.3, 0.4) is 0 Å². The van der Waals surface area contributed by atoms with Crippen LogP contribution in [0.15, 0.2) is 6.20 Å². The van der Waals surface area contributed by atoms with Crippen LogP contribution in [0, 0.1) is 0 Å². The van der Waals surface area contributed by atoms with Gasteiger partial charge < -0.3 is 0 Å². The molecular formula is C8H12N2. The van der Waals surface area contributed by atoms with Crippen molar-refractivity contribution in [2.45, 2.75) is 32.1 Å². The summed E-state index contributed by atoms with van der Waals surface area (Å²) >= 11 is 0. The highest BCUT2D eigenvalue weighted by Crippen LogP contribution is 2.28. The largest absolute Gasteiger partial charge is 0.282 e. The standard InChI is InChI=1S/C8H12N2/c1-6-3-2-4-8-7(6)5-9-10-8/h5-6H,2-4H2,1H3,(H,9,10). The Bertz CT molecular complexity index is 227. The van der Waals surface area contributed by atoms with E-state index < -0.39 is 0 Å². The van der Waals surface area contributed by atoms with Crippen molar-refractivity contribution in [3.05, 3.63) is 17.5 Å². The van der Waals surface area contributed by atoms with Crippen LogP contribution in [-0.4, -0.2) is 10.2 Å². The minimum absolute atomic E-state index is 0.725. The molecule has 1 aliphatic rings. The minimum atomic E-state index is 0.725. The van der Waals surface area contributed by atoms with Crippen LogP contribution in [-0.2, 0) is 6.42 Å². The molecule has 0 saturated carbocycles. The monoisotopic (exact) mass is 136 g/mol. The fraction of sp³-hybridized carbons (Fsp3) is 0.625. The van der Waals surface area contributed by atoms with Crippen molar-refractivity contribution in [1.82, 2.24) is 10.2 Å². The molecule has 1 heterocycles. The second-order valence-electron chi connectivity index (χ2n) is 3.10. The third-order valence-corrected chi connectivity index (χ3v) is 2.35. The van der Waals surface area contributed by atoms with E-state index in [9.17, 15) is 0 Å². The third-order valence-electron chi connectivity index (χ3n) is 2.35. The number of hydrogen-bond acceptors (Lipinski definition) is 1. The van der Waals surface area contributed by atoms with Gasteiger partial charge in [-0.2, -0.15) is 5.10 Å². The summed E-state index contributed by atoms with van der Waals surface area (Å²) in [6.45, 7) is 2.27. The molecule has 0 fully saturated rings. The van der Waals surface area contributed by atoms with Gasteiger partial charge in [-0.3, -0.25) is 5.10 Å². The Balaban J connectivity index is 2.41. The first-order valence-corrected chi connectivity index (χ1v) is 3.90. The fourth-order valence-corrected chi connectivity index (χ4v) is 1.69. The zero-order chi connectivity index (χ0) is 6.97. The summed E-state index contributed by atoms with van der Waals surface area (Å²) in [5.41, 5.74) is 2.80. The molecule has 0 aromatic carbocycles. The number of nitrogens with zero attached hydrogens (tertiary/aromatic N) is 1. The van der Waals surface area contributed by atoms with E-state index in [0.717, 1.165) is 5.92 Å². The van der Waals surface area contributed by atoms with Gasteiger partial charge in [-0.15, -0.1) is 0 Å². The van der Waals surface area contributed by atoms with E-state index in [1.165, 1.54) is 30.5 Å². The van der Waals surface area contributed by atoms with Gasteiger partial charge in [0.2, 0.25) is 0 Å². The van der Waals surface area contributed by atoms with Crippen LogP contribution in [0.2, 0.25) is 0 Å². The molecule has 0 amide bonds. The van der Waals surface area contributed by atoms with E-state index in [1.54, 1.807) is 0 Å². The molecule has 1 aromatic heterocycles. The Hall–Kier alpha value is -0.790. The van der Waals surface area contributed by atoms with Crippen LogP contribution in [0.5, 0.6) is 0 Å². The highest BCUT2D eigenvalue weighted by Gasteiger charge is 2.16. The maximum atomic E-state index is 4.03. The number of H-pyrrole nitrogens is 1. The topological polar surface area (TPSA) is 28.7 Å². The first-order valence-electron chi connectivity index (χ1n) is 3.90. The first-order chi connectivity index (χ1) is 4.88. The molecule has 1 atom stereocenters. The molecule has 0 radical (unpaired) electrons. The van der Waals surface area contributed by atoms with Gasteiger partial charge in [-0.1, -0.05) is 6.92 Å². The lowest BCUT2D eigenvalue weighted by Gasteiger charge is -2.16. The molecule has 0 aliphatic heterocycles. The fourth-order valence-electron chi connectivity index (χ4n) is 1.69. The molecular weight excluding hydrogens is 124 g/mol. The van der Waals surface area contributed by atoms with E-state index in [-0.39, 0.29) is 0 Å². The van der Waals surface area contributed by atoms with Crippen molar-refractivity contribution in [3.8, 4) is 0 Å². The van der Waals surface area contributed by atoms with Crippen LogP contribution in [0.25, 0.3) is 0 Å². The summed E-state index contributed by atoms with van der Waals surface area (Å²) in [5, 5.41) is 7.07. The van der Waals surface area contributed by atoms with Crippen molar-refractivity contribution < 1.29 is 0 Å². The smallest absolute Gasteiger partial charge is 0.0524 e. The van der Waals surface area contributed by atoms with E-state index in [4.69, 9.17) is 0 Å². The zero-order valence-electron chi connectivity index (χ0n) is 6.22. The Morgan fingerprint density at radius 2 is 2.60 bits per heavy atom. The summed E-state index contributed by atoms with van der Waals surface area (Å²) in [7, 11) is 0. The molecule has 54 valence electrons. The van der Waals surface area contributed by atoms with Crippen LogP contribution < -0.4 is 0 Å². The van der Waals surface area contributed by atoms with Gasteiger partial charge >= 0.3 is 0 Å². The van der Waals surface area contributed by atoms with Gasteiger partial charge in [0.25, 0.3) is 0 Å². The van der Waals surface area contributed by atoms with E-state index >= 15 is 0 Å². The molecule has 0 bridgehead atoms. The predicted octanol–water partition coefficient (Wildman–Crippen LogP) is 1.85. The molecule has 1 aromatic rings. The number of hydrogen-bond donors (Lipinski definition) is 1. The Kier molecular flexibility index (Phi) is 1.26. The quantitative estimate of drug-likeness (QED) is 0.579. The normalized spacial score (nSPS) is 24.3. The number of aryl methyl sites for hydroxylation is 1. The molecule has 1 N–H and O–H groups in total. The zero-order valence-corrected chi connectivity index (χ0v) is 6.22. The maximum Gasteiger partial charge on any atom is 0.0524 e. The van der Waals surface area contributed by atoms with E-state index in [2.05, 4.69) is 17.1 Å². The lowest BCUT2D eigenvalue weighted by atomic mass is 9.89. The second kappa shape index (κ2) is 2.11. The minimum Gasteiger partial charge on any atom is -0.282 e. The molecule has 0 spiro atoms. The highest BCUT2D eigenvalue weighted by molar-refractivity contribution is 5.23. The third kappa shape index (κ3) is 0.753. The van der Waals surface area contributed by atoms with Crippen molar-refractivity contribution in [3.63, 3.8) is 0 Å². The van der Waals surface area contributed by atoms with Crippen LogP contribution in [0.1, 0.15) is 36.9 Å². The van der Waals surface area contributed by atoms with Gasteiger partial charge in [0.05, 0.1) is 6.20 Å². The van der Waals surface area contributed by atoms with Crippen molar-refractivity contribution >= 4 is 0 Å². The molecule has 10 heavy (non-hydrogen) atoms. The maximum absolute atomic E-state index is 4.03. The lowest BCUT2D eigenvalue weighted by Crippen LogP contribution is -2.04. The summed E-state index contributed by atoms with van der Waals surface area (Å²) in [4.78, 5) is 0. The summed E-state index contributed by atoms with van der Waals surface area (Å²) in [5.74, 6) is 0.725. The van der Waals surface area contributed by atoms with E-state index in [0.29, 0.717) is 0 Å². The van der Waals surface area contributed by atoms with Crippen molar-refractivity contribution in [2.75, 3.05) is 0 Å². The van der Waals surface area contributed by atoms with E-state index in [1.807, 2.05) is 6.20 Å². The van der Waals surface area contributed by atoms with Gasteiger partial charge in [-0.25, -0.2) is 0 Å². The van der Waals surface area contributed by atoms with Crippen LogP contribution >= 0.6 is 0 Å². The summed E-state index contributed by atoms with van der Waals surface area (Å²) in [6, 6.07) is 0. The Morgan fingerprint density at radius 1 is 1.70 bits per heavy atom. The average Bonchev–Trinajstić information content (AvgIpc) is 2.36. The Labute approximate surface area is 60.6 Å². The number of nitrogens with one attached hydrogen (secondary N) is 1. The van der Waals surface area contributed by atoms with Gasteiger partial charge in [0.15, 0.2) is 0 Å². The number of aromatic amines is 1. The number of fused-ring (bicyclic) bond motifs is 1.